The minimum absolute atomic E-state index is 0.0441. The third-order valence-corrected chi connectivity index (χ3v) is 5.87. The van der Waals surface area contributed by atoms with Crippen LogP contribution in [0.1, 0.15) is 29.0 Å². The lowest BCUT2D eigenvalue weighted by molar-refractivity contribution is -0.132. The van der Waals surface area contributed by atoms with Crippen molar-refractivity contribution in [2.75, 3.05) is 6.54 Å². The molecular weight excluding hydrogens is 376 g/mol. The Kier molecular flexibility index (Phi) is 4.71. The number of benzene rings is 3. The maximum Gasteiger partial charge on any atom is 0.419 e. The molecule has 1 atom stereocenters. The van der Waals surface area contributed by atoms with Crippen LogP contribution in [0.3, 0.4) is 0 Å². The Balaban J connectivity index is 1.38. The minimum atomic E-state index is -0.421. The molecule has 3 aromatic carbocycles. The number of carbonyl (C=O) groups excluding carboxylic acids is 1. The highest BCUT2D eigenvalue weighted by Gasteiger charge is 2.28. The van der Waals surface area contributed by atoms with Gasteiger partial charge in [-0.1, -0.05) is 66.7 Å². The Bertz CT molecular complexity index is 1260. The predicted octanol–water partition coefficient (Wildman–Crippen LogP) is 4.16. The second-order valence-electron chi connectivity index (χ2n) is 7.67. The zero-order chi connectivity index (χ0) is 20.5. The number of hydrogen-bond donors (Lipinski definition) is 0. The molecule has 0 fully saturated rings. The largest absolute Gasteiger partial charge is 0.419 e. The first-order valence-corrected chi connectivity index (χ1v) is 10.2. The number of fused-ring (bicyclic) bond motifs is 2. The van der Waals surface area contributed by atoms with E-state index in [1.165, 1.54) is 16.7 Å². The molecule has 0 spiro atoms. The number of rotatable bonds is 4. The predicted molar refractivity (Wildman–Crippen MR) is 115 cm³/mol. The van der Waals surface area contributed by atoms with Crippen molar-refractivity contribution in [3.8, 4) is 0 Å². The van der Waals surface area contributed by atoms with Gasteiger partial charge in [-0.3, -0.25) is 9.36 Å². The van der Waals surface area contributed by atoms with Crippen LogP contribution >= 0.6 is 0 Å². The van der Waals surface area contributed by atoms with Crippen LogP contribution in [0.2, 0.25) is 0 Å². The molecule has 0 saturated heterocycles. The molecule has 1 aliphatic heterocycles. The molecule has 5 nitrogen and oxygen atoms in total. The molecule has 5 rings (SSSR count). The summed E-state index contributed by atoms with van der Waals surface area (Å²) in [5.41, 5.74) is 4.94. The quantitative estimate of drug-likeness (QED) is 0.519. The molecule has 0 saturated carbocycles. The van der Waals surface area contributed by atoms with Crippen LogP contribution in [0.5, 0.6) is 0 Å². The summed E-state index contributed by atoms with van der Waals surface area (Å²) in [5.74, 6) is -0.227. The smallest absolute Gasteiger partial charge is 0.408 e. The Labute approximate surface area is 174 Å². The van der Waals surface area contributed by atoms with E-state index < -0.39 is 5.76 Å². The summed E-state index contributed by atoms with van der Waals surface area (Å²) < 4.78 is 6.82. The molecule has 30 heavy (non-hydrogen) atoms. The summed E-state index contributed by atoms with van der Waals surface area (Å²) in [7, 11) is 0. The summed E-state index contributed by atoms with van der Waals surface area (Å²) in [6, 6.07) is 25.9. The topological polar surface area (TPSA) is 55.5 Å². The lowest BCUT2D eigenvalue weighted by atomic mass is 9.84. The van der Waals surface area contributed by atoms with Gasteiger partial charge in [0.25, 0.3) is 0 Å². The van der Waals surface area contributed by atoms with E-state index in [1.54, 1.807) is 10.6 Å². The van der Waals surface area contributed by atoms with Crippen molar-refractivity contribution in [2.45, 2.75) is 25.4 Å². The van der Waals surface area contributed by atoms with Gasteiger partial charge in [0.1, 0.15) is 0 Å². The molecule has 1 unspecified atom stereocenters. The Morgan fingerprint density at radius 3 is 2.53 bits per heavy atom. The number of hydrogen-bond acceptors (Lipinski definition) is 3. The SMILES string of the molecule is O=C(CCn1c(=O)oc2ccccc21)N1Cc2ccccc2C(c2ccccc2)C1. The number of para-hydroxylation sites is 2. The van der Waals surface area contributed by atoms with Gasteiger partial charge >= 0.3 is 5.76 Å². The van der Waals surface area contributed by atoms with Crippen molar-refractivity contribution >= 4 is 17.0 Å². The van der Waals surface area contributed by atoms with Crippen molar-refractivity contribution < 1.29 is 9.21 Å². The van der Waals surface area contributed by atoms with Crippen molar-refractivity contribution in [1.82, 2.24) is 9.47 Å². The summed E-state index contributed by atoms with van der Waals surface area (Å²) in [6.45, 7) is 1.54. The van der Waals surface area contributed by atoms with Crippen molar-refractivity contribution in [2.24, 2.45) is 0 Å². The highest BCUT2D eigenvalue weighted by Crippen LogP contribution is 2.33. The van der Waals surface area contributed by atoms with Gasteiger partial charge < -0.3 is 9.32 Å². The fourth-order valence-electron chi connectivity index (χ4n) is 4.36. The number of amides is 1. The average Bonchev–Trinajstić information content (AvgIpc) is 3.12. The van der Waals surface area contributed by atoms with Crippen LogP contribution in [-0.2, 0) is 17.9 Å². The molecule has 5 heteroatoms. The summed E-state index contributed by atoms with van der Waals surface area (Å²) >= 11 is 0. The van der Waals surface area contributed by atoms with Crippen molar-refractivity contribution in [1.29, 1.82) is 0 Å². The Morgan fingerprint density at radius 2 is 1.67 bits per heavy atom. The fraction of sp³-hybridized carbons (Fsp3) is 0.200. The van der Waals surface area contributed by atoms with Crippen LogP contribution in [0.4, 0.5) is 0 Å². The number of aromatic nitrogens is 1. The monoisotopic (exact) mass is 398 g/mol. The van der Waals surface area contributed by atoms with Crippen LogP contribution in [0.25, 0.3) is 11.1 Å². The van der Waals surface area contributed by atoms with Gasteiger partial charge in [0, 0.05) is 32.0 Å². The zero-order valence-electron chi connectivity index (χ0n) is 16.5. The standard InChI is InChI=1S/C25H22N2O3/c28-24(14-15-27-22-12-6-7-13-23(22)30-25(27)29)26-16-19-10-4-5-11-20(19)21(17-26)18-8-2-1-3-9-18/h1-13,21H,14-17H2. The Morgan fingerprint density at radius 1 is 0.933 bits per heavy atom. The third kappa shape index (κ3) is 3.32. The van der Waals surface area contributed by atoms with Crippen LogP contribution < -0.4 is 5.76 Å². The maximum absolute atomic E-state index is 13.1. The molecule has 150 valence electrons. The highest BCUT2D eigenvalue weighted by molar-refractivity contribution is 5.77. The van der Waals surface area contributed by atoms with E-state index in [9.17, 15) is 9.59 Å². The molecule has 0 bridgehead atoms. The van der Waals surface area contributed by atoms with Gasteiger partial charge in [0.2, 0.25) is 5.91 Å². The highest BCUT2D eigenvalue weighted by atomic mass is 16.4. The van der Waals surface area contributed by atoms with Gasteiger partial charge in [0.15, 0.2) is 5.58 Å². The van der Waals surface area contributed by atoms with Crippen LogP contribution in [0, 0.1) is 0 Å². The van der Waals surface area contributed by atoms with Gasteiger partial charge in [-0.05, 0) is 28.8 Å². The van der Waals surface area contributed by atoms with Gasteiger partial charge in [-0.15, -0.1) is 0 Å². The normalized spacial score (nSPS) is 15.9. The summed E-state index contributed by atoms with van der Waals surface area (Å²) in [4.78, 5) is 27.2. The maximum atomic E-state index is 13.1. The zero-order valence-corrected chi connectivity index (χ0v) is 16.5. The van der Waals surface area contributed by atoms with Gasteiger partial charge in [-0.2, -0.15) is 0 Å². The molecular formula is C25H22N2O3. The molecule has 1 aliphatic rings. The molecule has 2 heterocycles. The summed E-state index contributed by atoms with van der Waals surface area (Å²) in [6.07, 6.45) is 0.257. The molecule has 0 N–H and O–H groups in total. The third-order valence-electron chi connectivity index (χ3n) is 5.87. The number of oxazole rings is 1. The van der Waals surface area contributed by atoms with Gasteiger partial charge in [-0.25, -0.2) is 4.79 Å². The number of nitrogens with zero attached hydrogens (tertiary/aromatic N) is 2. The van der Waals surface area contributed by atoms with E-state index in [0.717, 1.165) is 5.52 Å². The van der Waals surface area contributed by atoms with Crippen LogP contribution in [0.15, 0.2) is 88.1 Å². The first-order valence-electron chi connectivity index (χ1n) is 10.2. The molecule has 4 aromatic rings. The lowest BCUT2D eigenvalue weighted by Gasteiger charge is -2.35. The second-order valence-corrected chi connectivity index (χ2v) is 7.67. The van der Waals surface area contributed by atoms with E-state index >= 15 is 0 Å². The van der Waals surface area contributed by atoms with E-state index in [1.807, 2.05) is 47.4 Å². The molecule has 0 aliphatic carbocycles. The van der Waals surface area contributed by atoms with Crippen molar-refractivity contribution in [3.63, 3.8) is 0 Å². The van der Waals surface area contributed by atoms with E-state index in [-0.39, 0.29) is 18.2 Å². The number of aryl methyl sites for hydroxylation is 1. The second kappa shape index (κ2) is 7.67. The number of carbonyl (C=O) groups is 1. The molecule has 0 radical (unpaired) electrons. The minimum Gasteiger partial charge on any atom is -0.408 e. The van der Waals surface area contributed by atoms with Crippen LogP contribution in [-0.4, -0.2) is 21.9 Å². The first kappa shape index (κ1) is 18.4. The van der Waals surface area contributed by atoms with E-state index in [0.29, 0.717) is 25.2 Å². The van der Waals surface area contributed by atoms with E-state index in [4.69, 9.17) is 4.42 Å². The van der Waals surface area contributed by atoms with E-state index in [2.05, 4.69) is 30.3 Å². The average molecular weight is 398 g/mol. The van der Waals surface area contributed by atoms with Crippen molar-refractivity contribution in [3.05, 3.63) is 106 Å². The van der Waals surface area contributed by atoms with Gasteiger partial charge in [0.05, 0.1) is 5.52 Å². The molecule has 1 aromatic heterocycles. The first-order chi connectivity index (χ1) is 14.7. The molecule has 1 amide bonds. The fourth-order valence-corrected chi connectivity index (χ4v) is 4.36. The summed E-state index contributed by atoms with van der Waals surface area (Å²) in [5, 5.41) is 0. The lowest BCUT2D eigenvalue weighted by Crippen LogP contribution is -2.39. The Hall–Kier alpha value is -3.60.